The predicted molar refractivity (Wildman–Crippen MR) is 144 cm³/mol. The molecule has 2 aromatic rings. The lowest BCUT2D eigenvalue weighted by Gasteiger charge is -2.28. The molecule has 0 saturated carbocycles. The summed E-state index contributed by atoms with van der Waals surface area (Å²) in [6.45, 7) is 11.2. The average molecular weight is 478 g/mol. The van der Waals surface area contributed by atoms with Crippen molar-refractivity contribution in [2.75, 3.05) is 31.6 Å². The molecule has 0 atom stereocenters. The minimum absolute atomic E-state index is 0.0116. The predicted octanol–water partition coefficient (Wildman–Crippen LogP) is 6.74. The zero-order valence-corrected chi connectivity index (χ0v) is 21.7. The summed E-state index contributed by atoms with van der Waals surface area (Å²) < 4.78 is 5.58. The van der Waals surface area contributed by atoms with E-state index < -0.39 is 0 Å². The van der Waals surface area contributed by atoms with E-state index in [2.05, 4.69) is 62.1 Å². The van der Waals surface area contributed by atoms with E-state index in [0.29, 0.717) is 17.4 Å². The zero-order chi connectivity index (χ0) is 24.2. The van der Waals surface area contributed by atoms with Crippen LogP contribution in [0.25, 0.3) is 6.08 Å². The van der Waals surface area contributed by atoms with Crippen LogP contribution < -0.4 is 9.64 Å². The largest absolute Gasteiger partial charge is 0.496 e. The molecule has 2 aliphatic heterocycles. The number of amides is 1. The van der Waals surface area contributed by atoms with E-state index in [1.165, 1.54) is 36.7 Å². The number of likely N-dealkylation sites (N-methyl/N-ethyl adjacent to an activating group) is 1. The summed E-state index contributed by atoms with van der Waals surface area (Å²) >= 11 is 1.45. The van der Waals surface area contributed by atoms with Gasteiger partial charge in [-0.2, -0.15) is 0 Å². The third-order valence-electron chi connectivity index (χ3n) is 6.53. The Morgan fingerprint density at radius 3 is 2.44 bits per heavy atom. The number of thioether (sulfide) groups is 1. The Kier molecular flexibility index (Phi) is 7.67. The maximum Gasteiger partial charge on any atom is 0.266 e. The van der Waals surface area contributed by atoms with Crippen LogP contribution in [-0.2, 0) is 4.79 Å². The van der Waals surface area contributed by atoms with Crippen molar-refractivity contribution in [2.24, 2.45) is 4.99 Å². The van der Waals surface area contributed by atoms with Crippen molar-refractivity contribution in [2.45, 2.75) is 52.9 Å². The topological polar surface area (TPSA) is 45.1 Å². The van der Waals surface area contributed by atoms with Crippen molar-refractivity contribution in [1.82, 2.24) is 4.90 Å². The minimum Gasteiger partial charge on any atom is -0.496 e. The number of nitrogens with zero attached hydrogens (tertiary/aromatic N) is 3. The van der Waals surface area contributed by atoms with E-state index in [1.54, 1.807) is 12.0 Å². The normalized spacial score (nSPS) is 19.1. The summed E-state index contributed by atoms with van der Waals surface area (Å²) in [5, 5.41) is 0.736. The summed E-state index contributed by atoms with van der Waals surface area (Å²) in [5.41, 5.74) is 5.40. The molecule has 0 unspecified atom stereocenters. The van der Waals surface area contributed by atoms with Crippen LogP contribution >= 0.6 is 11.8 Å². The molecular formula is C28H35N3O2S. The summed E-state index contributed by atoms with van der Waals surface area (Å²) in [6, 6.07) is 12.6. The molecule has 0 aromatic heterocycles. The molecule has 2 fully saturated rings. The van der Waals surface area contributed by atoms with Crippen molar-refractivity contribution < 1.29 is 9.53 Å². The molecule has 0 radical (unpaired) electrons. The number of rotatable bonds is 6. The van der Waals surface area contributed by atoms with Gasteiger partial charge in [-0.25, -0.2) is 4.99 Å². The van der Waals surface area contributed by atoms with Gasteiger partial charge in [0.1, 0.15) is 5.75 Å². The maximum absolute atomic E-state index is 13.2. The number of hydrogen-bond acceptors (Lipinski definition) is 5. The number of carbonyl (C=O) groups excluding carboxylic acids is 1. The lowest BCUT2D eigenvalue weighted by molar-refractivity contribution is -0.122. The second-order valence-corrected chi connectivity index (χ2v) is 10.2. The first-order chi connectivity index (χ1) is 16.4. The third kappa shape index (κ3) is 5.17. The fraction of sp³-hybridized carbons (Fsp3) is 0.429. The summed E-state index contributed by atoms with van der Waals surface area (Å²) in [6.07, 6.45) is 5.84. The Hall–Kier alpha value is -2.73. The number of piperidine rings is 1. The molecule has 2 aromatic carbocycles. The van der Waals surface area contributed by atoms with Gasteiger partial charge in [0, 0.05) is 25.3 Å². The van der Waals surface area contributed by atoms with Gasteiger partial charge in [0.05, 0.1) is 17.7 Å². The molecule has 0 aliphatic carbocycles. The average Bonchev–Trinajstić information content (AvgIpc) is 3.14. The van der Waals surface area contributed by atoms with E-state index in [0.717, 1.165) is 46.4 Å². The van der Waals surface area contributed by atoms with Crippen molar-refractivity contribution in [3.8, 4) is 5.75 Å². The van der Waals surface area contributed by atoms with E-state index in [-0.39, 0.29) is 5.91 Å². The van der Waals surface area contributed by atoms with Crippen molar-refractivity contribution in [3.05, 3.63) is 58.0 Å². The van der Waals surface area contributed by atoms with Gasteiger partial charge in [0.15, 0.2) is 5.17 Å². The van der Waals surface area contributed by atoms with Gasteiger partial charge in [-0.15, -0.1) is 0 Å². The lowest BCUT2D eigenvalue weighted by atomic mass is 9.96. The van der Waals surface area contributed by atoms with Gasteiger partial charge in [0.2, 0.25) is 0 Å². The molecule has 1 amide bonds. The van der Waals surface area contributed by atoms with E-state index >= 15 is 0 Å². The van der Waals surface area contributed by atoms with Gasteiger partial charge in [0.25, 0.3) is 5.91 Å². The number of ether oxygens (including phenoxy) is 1. The number of aryl methyl sites for hydroxylation is 1. The number of anilines is 1. The molecule has 6 heteroatoms. The molecule has 0 bridgehead atoms. The molecule has 180 valence electrons. The van der Waals surface area contributed by atoms with Gasteiger partial charge in [-0.05, 0) is 110 Å². The van der Waals surface area contributed by atoms with Crippen LogP contribution in [0.1, 0.15) is 62.6 Å². The first kappa shape index (κ1) is 24.4. The van der Waals surface area contributed by atoms with Crippen LogP contribution in [0, 0.1) is 6.92 Å². The summed E-state index contributed by atoms with van der Waals surface area (Å²) in [5.74, 6) is 1.24. The fourth-order valence-corrected chi connectivity index (χ4v) is 5.56. The SMILES string of the molecule is CCN1C(=O)/C(=C/c2cc(C(C)C)c(OC)cc2C)SC1=Nc1ccc(N2CCCCC2)cc1. The smallest absolute Gasteiger partial charge is 0.266 e. The van der Waals surface area contributed by atoms with Crippen LogP contribution in [0.15, 0.2) is 46.3 Å². The number of hydrogen-bond donors (Lipinski definition) is 0. The Bertz CT molecular complexity index is 1100. The molecule has 0 N–H and O–H groups in total. The van der Waals surface area contributed by atoms with Gasteiger partial charge in [-0.3, -0.25) is 9.69 Å². The van der Waals surface area contributed by atoms with Crippen LogP contribution in [0.2, 0.25) is 0 Å². The molecule has 4 rings (SSSR count). The summed E-state index contributed by atoms with van der Waals surface area (Å²) in [7, 11) is 1.70. The van der Waals surface area contributed by atoms with Gasteiger partial charge in [-0.1, -0.05) is 13.8 Å². The number of amidine groups is 1. The van der Waals surface area contributed by atoms with E-state index in [9.17, 15) is 4.79 Å². The molecule has 0 spiro atoms. The molecular weight excluding hydrogens is 442 g/mol. The third-order valence-corrected chi connectivity index (χ3v) is 7.53. The molecule has 2 saturated heterocycles. The van der Waals surface area contributed by atoms with Crippen molar-refractivity contribution in [3.63, 3.8) is 0 Å². The highest BCUT2D eigenvalue weighted by molar-refractivity contribution is 8.18. The maximum atomic E-state index is 13.2. The minimum atomic E-state index is 0.0116. The highest BCUT2D eigenvalue weighted by Gasteiger charge is 2.32. The van der Waals surface area contributed by atoms with E-state index in [4.69, 9.17) is 9.73 Å². The van der Waals surface area contributed by atoms with Gasteiger partial charge < -0.3 is 9.64 Å². The number of aliphatic imine (C=N–C) groups is 1. The highest BCUT2D eigenvalue weighted by atomic mass is 32.2. The second kappa shape index (κ2) is 10.7. The number of benzene rings is 2. The first-order valence-corrected chi connectivity index (χ1v) is 13.1. The molecule has 34 heavy (non-hydrogen) atoms. The van der Waals surface area contributed by atoms with Crippen LogP contribution in [0.3, 0.4) is 0 Å². The Morgan fingerprint density at radius 2 is 1.82 bits per heavy atom. The second-order valence-electron chi connectivity index (χ2n) is 9.22. The van der Waals surface area contributed by atoms with Gasteiger partial charge >= 0.3 is 0 Å². The standard InChI is InChI=1S/C28H35N3O2S/c1-6-31-27(32)26(18-21-17-24(19(2)3)25(33-5)16-20(21)4)34-28(31)29-22-10-12-23(13-11-22)30-14-8-7-9-15-30/h10-13,16-19H,6-9,14-15H2,1-5H3/b26-18-,29-28?. The Morgan fingerprint density at radius 1 is 1.12 bits per heavy atom. The van der Waals surface area contributed by atoms with Crippen molar-refractivity contribution in [1.29, 1.82) is 0 Å². The van der Waals surface area contributed by atoms with Crippen LogP contribution in [0.5, 0.6) is 5.75 Å². The molecule has 2 heterocycles. The number of methoxy groups -OCH3 is 1. The van der Waals surface area contributed by atoms with Crippen LogP contribution in [-0.4, -0.2) is 42.7 Å². The molecule has 5 nitrogen and oxygen atoms in total. The molecule has 2 aliphatic rings. The quantitative estimate of drug-likeness (QED) is 0.432. The monoisotopic (exact) mass is 477 g/mol. The summed E-state index contributed by atoms with van der Waals surface area (Å²) in [4.78, 5) is 22.9. The van der Waals surface area contributed by atoms with Crippen LogP contribution in [0.4, 0.5) is 11.4 Å². The zero-order valence-electron chi connectivity index (χ0n) is 20.9. The van der Waals surface area contributed by atoms with Crippen molar-refractivity contribution >= 4 is 40.3 Å². The fourth-order valence-electron chi connectivity index (χ4n) is 4.51. The van der Waals surface area contributed by atoms with E-state index in [1.807, 2.05) is 13.0 Å². The number of carbonyl (C=O) groups is 1. The Balaban J connectivity index is 1.60. The Labute approximate surface area is 207 Å². The lowest BCUT2D eigenvalue weighted by Crippen LogP contribution is -2.29. The highest BCUT2D eigenvalue weighted by Crippen LogP contribution is 2.36. The first-order valence-electron chi connectivity index (χ1n) is 12.2.